The molecule has 0 saturated carbocycles. The van der Waals surface area contributed by atoms with E-state index >= 15 is 0 Å². The van der Waals surface area contributed by atoms with Crippen LogP contribution >= 0.6 is 7.60 Å². The second-order valence-electron chi connectivity index (χ2n) is 4.46. The van der Waals surface area contributed by atoms with Gasteiger partial charge in [-0.1, -0.05) is 6.92 Å². The summed E-state index contributed by atoms with van der Waals surface area (Å²) in [6, 6.07) is 0.374. The zero-order valence-corrected chi connectivity index (χ0v) is 12.2. The Hall–Kier alpha value is 0.110. The first-order valence-electron chi connectivity index (χ1n) is 6.77. The highest BCUT2D eigenvalue weighted by molar-refractivity contribution is 7.53. The van der Waals surface area contributed by atoms with E-state index in [-0.39, 0.29) is 0 Å². The normalized spacial score (nSPS) is 22.2. The molecule has 1 saturated heterocycles. The quantitative estimate of drug-likeness (QED) is 0.631. The van der Waals surface area contributed by atoms with Gasteiger partial charge < -0.3 is 9.05 Å². The first kappa shape index (κ1) is 15.2. The lowest BCUT2D eigenvalue weighted by Gasteiger charge is -2.27. The molecule has 1 aliphatic rings. The van der Waals surface area contributed by atoms with Crippen molar-refractivity contribution in [2.45, 2.75) is 46.1 Å². The Morgan fingerprint density at radius 1 is 1.24 bits per heavy atom. The van der Waals surface area contributed by atoms with E-state index in [0.29, 0.717) is 25.4 Å². The van der Waals surface area contributed by atoms with E-state index in [4.69, 9.17) is 9.05 Å². The molecule has 17 heavy (non-hydrogen) atoms. The van der Waals surface area contributed by atoms with Crippen LogP contribution in [0, 0.1) is 0 Å². The van der Waals surface area contributed by atoms with Crippen molar-refractivity contribution in [2.75, 3.05) is 32.5 Å². The largest absolute Gasteiger partial charge is 0.332 e. The Labute approximate surface area is 105 Å². The van der Waals surface area contributed by atoms with Crippen LogP contribution in [0.1, 0.15) is 40.0 Å². The minimum atomic E-state index is -2.87. The second-order valence-corrected chi connectivity index (χ2v) is 6.56. The molecule has 0 aromatic carbocycles. The monoisotopic (exact) mass is 263 g/mol. The average Bonchev–Trinajstić information content (AvgIpc) is 2.66. The van der Waals surface area contributed by atoms with Crippen LogP contribution in [0.3, 0.4) is 0 Å². The molecule has 102 valence electrons. The molecule has 0 aliphatic carbocycles. The predicted molar refractivity (Wildman–Crippen MR) is 70.6 cm³/mol. The minimum absolute atomic E-state index is 0.374. The van der Waals surface area contributed by atoms with E-state index < -0.39 is 7.60 Å². The van der Waals surface area contributed by atoms with Gasteiger partial charge in [0.1, 0.15) is 0 Å². The molecule has 1 rings (SSSR count). The van der Waals surface area contributed by atoms with Crippen LogP contribution in [0.25, 0.3) is 0 Å². The fraction of sp³-hybridized carbons (Fsp3) is 1.00. The van der Waals surface area contributed by atoms with Crippen molar-refractivity contribution < 1.29 is 13.6 Å². The lowest BCUT2D eigenvalue weighted by Crippen LogP contribution is -2.33. The van der Waals surface area contributed by atoms with Crippen LogP contribution in [0.2, 0.25) is 0 Å². The summed E-state index contributed by atoms with van der Waals surface area (Å²) in [4.78, 5) is 2.42. The van der Waals surface area contributed by atoms with Gasteiger partial charge in [0, 0.05) is 6.04 Å². The van der Waals surface area contributed by atoms with Gasteiger partial charge in [-0.25, -0.2) is 0 Å². The number of hydrogen-bond donors (Lipinski definition) is 0. The van der Waals surface area contributed by atoms with Crippen LogP contribution in [0.15, 0.2) is 0 Å². The molecular formula is C12H26NO3P. The maximum atomic E-state index is 12.4. The Bertz CT molecular complexity index is 250. The SMILES string of the molecule is CCCN1CCCC1CP(=O)(OCC)OCC. The first-order valence-corrected chi connectivity index (χ1v) is 8.50. The first-order chi connectivity index (χ1) is 8.15. The van der Waals surface area contributed by atoms with Crippen molar-refractivity contribution in [3.63, 3.8) is 0 Å². The molecule has 0 N–H and O–H groups in total. The van der Waals surface area contributed by atoms with Gasteiger partial charge in [-0.3, -0.25) is 9.46 Å². The average molecular weight is 263 g/mol. The van der Waals surface area contributed by atoms with Gasteiger partial charge in [-0.05, 0) is 46.2 Å². The molecule has 1 heterocycles. The van der Waals surface area contributed by atoms with Crippen molar-refractivity contribution in [2.24, 2.45) is 0 Å². The molecule has 0 aromatic rings. The second kappa shape index (κ2) is 7.52. The third-order valence-corrected chi connectivity index (χ3v) is 5.27. The van der Waals surface area contributed by atoms with E-state index in [1.807, 2.05) is 13.8 Å². The molecule has 0 radical (unpaired) electrons. The van der Waals surface area contributed by atoms with Gasteiger partial charge in [0.05, 0.1) is 19.4 Å². The van der Waals surface area contributed by atoms with Gasteiger partial charge in [-0.2, -0.15) is 0 Å². The van der Waals surface area contributed by atoms with Crippen LogP contribution in [-0.2, 0) is 13.6 Å². The maximum Gasteiger partial charge on any atom is 0.332 e. The molecule has 5 heteroatoms. The van der Waals surface area contributed by atoms with Crippen LogP contribution in [-0.4, -0.2) is 43.4 Å². The molecule has 1 aliphatic heterocycles. The van der Waals surface area contributed by atoms with Crippen molar-refractivity contribution >= 4 is 7.60 Å². The third kappa shape index (κ3) is 4.70. The Morgan fingerprint density at radius 3 is 2.41 bits per heavy atom. The Balaban J connectivity index is 2.56. The summed E-state index contributed by atoms with van der Waals surface area (Å²) in [5, 5.41) is 0. The summed E-state index contributed by atoms with van der Waals surface area (Å²) in [7, 11) is -2.87. The van der Waals surface area contributed by atoms with Crippen molar-refractivity contribution in [1.29, 1.82) is 0 Å². The summed E-state index contributed by atoms with van der Waals surface area (Å²) < 4.78 is 23.2. The van der Waals surface area contributed by atoms with Gasteiger partial charge in [0.2, 0.25) is 0 Å². The van der Waals surface area contributed by atoms with Crippen LogP contribution < -0.4 is 0 Å². The highest BCUT2D eigenvalue weighted by Crippen LogP contribution is 2.50. The maximum absolute atomic E-state index is 12.4. The number of hydrogen-bond acceptors (Lipinski definition) is 4. The fourth-order valence-electron chi connectivity index (χ4n) is 2.48. The molecular weight excluding hydrogens is 237 g/mol. The third-order valence-electron chi connectivity index (χ3n) is 3.10. The number of nitrogens with zero attached hydrogens (tertiary/aromatic N) is 1. The molecule has 0 amide bonds. The van der Waals surface area contributed by atoms with E-state index in [0.717, 1.165) is 25.9 Å². The summed E-state index contributed by atoms with van der Waals surface area (Å²) in [6.45, 7) is 9.03. The smallest absolute Gasteiger partial charge is 0.309 e. The van der Waals surface area contributed by atoms with E-state index in [2.05, 4.69) is 11.8 Å². The topological polar surface area (TPSA) is 38.8 Å². The van der Waals surface area contributed by atoms with Crippen molar-refractivity contribution in [3.05, 3.63) is 0 Å². The minimum Gasteiger partial charge on any atom is -0.309 e. The van der Waals surface area contributed by atoms with Gasteiger partial charge >= 0.3 is 7.60 Å². The van der Waals surface area contributed by atoms with E-state index in [1.54, 1.807) is 0 Å². The molecule has 4 nitrogen and oxygen atoms in total. The molecule has 0 spiro atoms. The van der Waals surface area contributed by atoms with E-state index in [1.165, 1.54) is 6.42 Å². The summed E-state index contributed by atoms with van der Waals surface area (Å²) in [5.41, 5.74) is 0. The standard InChI is InChI=1S/C12H26NO3P/c1-4-9-13-10-7-8-12(13)11-17(14,15-5-2)16-6-3/h12H,4-11H2,1-3H3. The predicted octanol–water partition coefficient (Wildman–Crippen LogP) is 3.13. The van der Waals surface area contributed by atoms with Crippen molar-refractivity contribution in [1.82, 2.24) is 4.90 Å². The number of rotatable bonds is 8. The lowest BCUT2D eigenvalue weighted by molar-refractivity contribution is 0.203. The fourth-order valence-corrected chi connectivity index (χ4v) is 4.48. The van der Waals surface area contributed by atoms with Crippen LogP contribution in [0.5, 0.6) is 0 Å². The van der Waals surface area contributed by atoms with Crippen molar-refractivity contribution in [3.8, 4) is 0 Å². The van der Waals surface area contributed by atoms with Gasteiger partial charge in [0.15, 0.2) is 0 Å². The highest BCUT2D eigenvalue weighted by atomic mass is 31.2. The lowest BCUT2D eigenvalue weighted by atomic mass is 10.2. The highest BCUT2D eigenvalue weighted by Gasteiger charge is 2.33. The summed E-state index contributed by atoms with van der Waals surface area (Å²) >= 11 is 0. The van der Waals surface area contributed by atoms with Gasteiger partial charge in [-0.15, -0.1) is 0 Å². The van der Waals surface area contributed by atoms with Gasteiger partial charge in [0.25, 0.3) is 0 Å². The van der Waals surface area contributed by atoms with E-state index in [9.17, 15) is 4.57 Å². The molecule has 1 unspecified atom stereocenters. The molecule has 0 bridgehead atoms. The Morgan fingerprint density at radius 2 is 1.88 bits per heavy atom. The molecule has 0 aromatic heterocycles. The number of likely N-dealkylation sites (tertiary alicyclic amines) is 1. The zero-order valence-electron chi connectivity index (χ0n) is 11.4. The molecule has 1 fully saturated rings. The summed E-state index contributed by atoms with van der Waals surface area (Å²) in [6.07, 6.45) is 4.01. The zero-order chi connectivity index (χ0) is 12.7. The van der Waals surface area contributed by atoms with Crippen LogP contribution in [0.4, 0.5) is 0 Å². The summed E-state index contributed by atoms with van der Waals surface area (Å²) in [5.74, 6) is 0. The molecule has 1 atom stereocenters. The Kier molecular flexibility index (Phi) is 6.71.